The van der Waals surface area contributed by atoms with Crippen molar-refractivity contribution in [3.05, 3.63) is 38.7 Å². The van der Waals surface area contributed by atoms with Gasteiger partial charge in [0.2, 0.25) is 0 Å². The fourth-order valence-corrected chi connectivity index (χ4v) is 0.926. The summed E-state index contributed by atoms with van der Waals surface area (Å²) in [6, 6.07) is 1.16. The minimum absolute atomic E-state index is 0.247. The Bertz CT molecular complexity index is 455. The van der Waals surface area contributed by atoms with Gasteiger partial charge in [0.15, 0.2) is 0 Å². The predicted octanol–water partition coefficient (Wildman–Crippen LogP) is -0.360. The third kappa shape index (κ3) is 3.63. The summed E-state index contributed by atoms with van der Waals surface area (Å²) < 4.78 is 4.62. The van der Waals surface area contributed by atoms with Crippen molar-refractivity contribution in [2.45, 2.75) is 6.92 Å². The van der Waals surface area contributed by atoms with Crippen molar-refractivity contribution < 1.29 is 9.53 Å². The minimum atomic E-state index is -0.619. The van der Waals surface area contributed by atoms with Crippen LogP contribution in [0, 0.1) is 0 Å². The van der Waals surface area contributed by atoms with Gasteiger partial charge in [0.25, 0.3) is 5.56 Å². The first-order valence-electron chi connectivity index (χ1n) is 4.30. The van der Waals surface area contributed by atoms with Crippen molar-refractivity contribution in [2.24, 2.45) is 0 Å². The van der Waals surface area contributed by atoms with Gasteiger partial charge < -0.3 is 9.72 Å². The highest BCUT2D eigenvalue weighted by molar-refractivity contribution is 5.86. The van der Waals surface area contributed by atoms with Crippen LogP contribution in [0.15, 0.2) is 21.7 Å². The summed E-state index contributed by atoms with van der Waals surface area (Å²) >= 11 is 0. The number of hydrogen-bond acceptors (Lipinski definition) is 4. The molecule has 0 amide bonds. The van der Waals surface area contributed by atoms with Crippen molar-refractivity contribution in [1.82, 2.24) is 9.97 Å². The lowest BCUT2D eigenvalue weighted by Crippen LogP contribution is -2.21. The van der Waals surface area contributed by atoms with Crippen LogP contribution < -0.4 is 11.2 Å². The van der Waals surface area contributed by atoms with Gasteiger partial charge in [-0.05, 0) is 13.0 Å². The average molecular weight is 210 g/mol. The van der Waals surface area contributed by atoms with E-state index in [1.54, 1.807) is 6.92 Å². The summed E-state index contributed by atoms with van der Waals surface area (Å²) in [4.78, 5) is 36.9. The molecule has 1 aromatic heterocycles. The zero-order valence-electron chi connectivity index (χ0n) is 8.07. The quantitative estimate of drug-likeness (QED) is 0.526. The lowest BCUT2D eigenvalue weighted by Gasteiger charge is -1.94. The first-order chi connectivity index (χ1) is 7.11. The molecular formula is C9H10N2O4. The largest absolute Gasteiger partial charge is 0.463 e. The Morgan fingerprint density at radius 2 is 2.20 bits per heavy atom. The number of aromatic nitrogens is 2. The molecule has 0 saturated carbocycles. The second-order valence-electron chi connectivity index (χ2n) is 2.63. The number of H-pyrrole nitrogens is 2. The summed E-state index contributed by atoms with van der Waals surface area (Å²) in [6.07, 6.45) is 2.43. The monoisotopic (exact) mass is 210 g/mol. The Balaban J connectivity index is 2.85. The number of nitrogens with one attached hydrogen (secondary N) is 2. The molecule has 0 aliphatic heterocycles. The van der Waals surface area contributed by atoms with Crippen LogP contribution in [0.3, 0.4) is 0 Å². The third-order valence-electron chi connectivity index (χ3n) is 1.47. The van der Waals surface area contributed by atoms with E-state index < -0.39 is 17.2 Å². The van der Waals surface area contributed by atoms with Crippen LogP contribution in [0.4, 0.5) is 0 Å². The van der Waals surface area contributed by atoms with E-state index >= 15 is 0 Å². The fourth-order valence-electron chi connectivity index (χ4n) is 0.926. The summed E-state index contributed by atoms with van der Waals surface area (Å²) in [5.74, 6) is -0.529. The molecule has 0 unspecified atom stereocenters. The van der Waals surface area contributed by atoms with Gasteiger partial charge in [-0.2, -0.15) is 0 Å². The number of esters is 1. The Morgan fingerprint density at radius 1 is 1.47 bits per heavy atom. The van der Waals surface area contributed by atoms with Gasteiger partial charge in [-0.1, -0.05) is 0 Å². The van der Waals surface area contributed by atoms with E-state index in [-0.39, 0.29) is 12.3 Å². The maximum Gasteiger partial charge on any atom is 0.330 e. The van der Waals surface area contributed by atoms with Crippen LogP contribution in [0.5, 0.6) is 0 Å². The van der Waals surface area contributed by atoms with Gasteiger partial charge in [-0.15, -0.1) is 0 Å². The zero-order chi connectivity index (χ0) is 11.3. The molecule has 0 aromatic carbocycles. The van der Waals surface area contributed by atoms with Crippen LogP contribution in [-0.4, -0.2) is 22.5 Å². The van der Waals surface area contributed by atoms with Crippen LogP contribution in [0.2, 0.25) is 0 Å². The molecule has 0 spiro atoms. The first kappa shape index (κ1) is 11.0. The molecule has 6 heteroatoms. The molecule has 1 heterocycles. The summed E-state index contributed by atoms with van der Waals surface area (Å²) in [5, 5.41) is 0. The Kier molecular flexibility index (Phi) is 3.61. The van der Waals surface area contributed by atoms with Crippen LogP contribution >= 0.6 is 0 Å². The maximum absolute atomic E-state index is 10.9. The minimum Gasteiger partial charge on any atom is -0.463 e. The molecule has 1 rings (SSSR count). The molecule has 0 atom stereocenters. The number of aromatic amines is 2. The second-order valence-corrected chi connectivity index (χ2v) is 2.63. The van der Waals surface area contributed by atoms with E-state index in [4.69, 9.17) is 0 Å². The molecule has 0 saturated heterocycles. The predicted molar refractivity (Wildman–Crippen MR) is 53.4 cm³/mol. The van der Waals surface area contributed by atoms with Gasteiger partial charge in [-0.25, -0.2) is 9.59 Å². The first-order valence-corrected chi connectivity index (χ1v) is 4.30. The number of rotatable bonds is 3. The summed E-state index contributed by atoms with van der Waals surface area (Å²) in [5.41, 5.74) is -0.898. The van der Waals surface area contributed by atoms with Crippen LogP contribution in [-0.2, 0) is 9.53 Å². The summed E-state index contributed by atoms with van der Waals surface area (Å²) in [6.45, 7) is 1.95. The van der Waals surface area contributed by atoms with Gasteiger partial charge in [0, 0.05) is 17.8 Å². The Labute approximate surface area is 84.6 Å². The normalized spacial score (nSPS) is 10.5. The van der Waals surface area contributed by atoms with Crippen molar-refractivity contribution in [3.63, 3.8) is 0 Å². The van der Waals surface area contributed by atoms with Crippen molar-refractivity contribution in [1.29, 1.82) is 0 Å². The molecule has 15 heavy (non-hydrogen) atoms. The topological polar surface area (TPSA) is 92.0 Å². The molecule has 1 aromatic rings. The van der Waals surface area contributed by atoms with Crippen molar-refractivity contribution >= 4 is 12.0 Å². The van der Waals surface area contributed by atoms with Crippen molar-refractivity contribution in [3.8, 4) is 0 Å². The van der Waals surface area contributed by atoms with E-state index in [9.17, 15) is 14.4 Å². The van der Waals surface area contributed by atoms with E-state index in [1.807, 2.05) is 4.98 Å². The molecule has 2 N–H and O–H groups in total. The zero-order valence-corrected chi connectivity index (χ0v) is 8.07. The lowest BCUT2D eigenvalue weighted by atomic mass is 10.3. The molecule has 6 nitrogen and oxygen atoms in total. The number of carbonyl (C=O) groups excluding carboxylic acids is 1. The molecule has 80 valence electrons. The van der Waals surface area contributed by atoms with Gasteiger partial charge in [0.1, 0.15) is 0 Å². The molecule has 0 radical (unpaired) electrons. The number of hydrogen-bond donors (Lipinski definition) is 2. The highest BCUT2D eigenvalue weighted by atomic mass is 16.5. The highest BCUT2D eigenvalue weighted by Gasteiger charge is 1.95. The Hall–Kier alpha value is -2.11. The molecule has 0 aliphatic carbocycles. The van der Waals surface area contributed by atoms with Crippen LogP contribution in [0.25, 0.3) is 6.08 Å². The highest BCUT2D eigenvalue weighted by Crippen LogP contribution is 1.91. The second kappa shape index (κ2) is 4.94. The fraction of sp³-hybridized carbons (Fsp3) is 0.222. The van der Waals surface area contributed by atoms with E-state index in [0.717, 1.165) is 12.1 Å². The molecule has 0 aliphatic rings. The number of ether oxygens (including phenoxy) is 1. The van der Waals surface area contributed by atoms with E-state index in [2.05, 4.69) is 9.72 Å². The smallest absolute Gasteiger partial charge is 0.330 e. The third-order valence-corrected chi connectivity index (χ3v) is 1.47. The molecular weight excluding hydrogens is 200 g/mol. The summed E-state index contributed by atoms with van der Waals surface area (Å²) in [7, 11) is 0. The molecule has 0 bridgehead atoms. The number of carbonyl (C=O) groups is 1. The van der Waals surface area contributed by atoms with Crippen LogP contribution in [0.1, 0.15) is 12.6 Å². The van der Waals surface area contributed by atoms with Crippen molar-refractivity contribution in [2.75, 3.05) is 6.61 Å². The standard InChI is InChI=1S/C9H10N2O4/c1-2-15-8(13)4-3-6-5-7(12)11-9(14)10-6/h3-5H,2H2,1H3,(H2,10,11,12,14)/b4-3+. The van der Waals surface area contributed by atoms with E-state index in [1.165, 1.54) is 6.08 Å². The van der Waals surface area contributed by atoms with E-state index in [0.29, 0.717) is 0 Å². The Morgan fingerprint density at radius 3 is 2.80 bits per heavy atom. The lowest BCUT2D eigenvalue weighted by molar-refractivity contribution is -0.137. The van der Waals surface area contributed by atoms with Gasteiger partial charge >= 0.3 is 11.7 Å². The maximum atomic E-state index is 10.9. The average Bonchev–Trinajstić information content (AvgIpc) is 2.14. The molecule has 0 fully saturated rings. The SMILES string of the molecule is CCOC(=O)/C=C/c1cc(=O)[nH]c(=O)[nH]1. The van der Waals surface area contributed by atoms with Gasteiger partial charge in [0.05, 0.1) is 6.61 Å². The van der Waals surface area contributed by atoms with Gasteiger partial charge in [-0.3, -0.25) is 9.78 Å².